The maximum Gasteiger partial charge on any atom is 0.264 e. The second-order valence-electron chi connectivity index (χ2n) is 11.2. The van der Waals surface area contributed by atoms with Crippen molar-refractivity contribution in [2.45, 2.75) is 18.9 Å². The number of methoxy groups -OCH3 is 1. The van der Waals surface area contributed by atoms with Crippen LogP contribution in [0.15, 0.2) is 94.4 Å². The molecule has 4 heterocycles. The highest BCUT2D eigenvalue weighted by Crippen LogP contribution is 2.44. The average molecular weight is 535 g/mol. The van der Waals surface area contributed by atoms with Crippen molar-refractivity contribution in [2.75, 3.05) is 46.4 Å². The molecule has 1 aromatic heterocycles. The van der Waals surface area contributed by atoms with Gasteiger partial charge in [-0.05, 0) is 31.0 Å². The summed E-state index contributed by atoms with van der Waals surface area (Å²) in [5.74, 6) is 8.29. The van der Waals surface area contributed by atoms with E-state index in [4.69, 9.17) is 20.6 Å². The highest BCUT2D eigenvalue weighted by molar-refractivity contribution is 6.02. The fourth-order valence-corrected chi connectivity index (χ4v) is 6.41. The van der Waals surface area contributed by atoms with Gasteiger partial charge in [0, 0.05) is 62.7 Å². The van der Waals surface area contributed by atoms with Crippen LogP contribution in [0.4, 0.5) is 0 Å². The first-order valence-corrected chi connectivity index (χ1v) is 14.3. The number of ether oxygens (including phenoxy) is 1. The molecule has 2 N–H and O–H groups in total. The highest BCUT2D eigenvalue weighted by Gasteiger charge is 2.49. The third-order valence-corrected chi connectivity index (χ3v) is 8.88. The first-order valence-electron chi connectivity index (χ1n) is 14.3. The number of pyridine rings is 1. The summed E-state index contributed by atoms with van der Waals surface area (Å²) in [6.45, 7) is 6.30. The Bertz CT molecular complexity index is 1530. The minimum Gasteiger partial charge on any atom is -0.383 e. The quantitative estimate of drug-likeness (QED) is 0.364. The standard InChI is InChI=1S/C32H36N7O/c1-40-18-16-37-12-14-38(15-13-37)27-19-26(20-27)31-30-22-34-11-17-39(30,33)32(36-31)25-8-7-24-9-10-28(35-29(24)21-25)23-5-3-2-4-6-23/h2-11,17,21-22,26-27H,12-16,18-20,33H2,1H3/q+1. The number of amidine groups is 1. The zero-order valence-electron chi connectivity index (χ0n) is 23.0. The van der Waals surface area contributed by atoms with Crippen molar-refractivity contribution in [1.29, 1.82) is 0 Å². The fourth-order valence-electron chi connectivity index (χ4n) is 6.41. The zero-order chi connectivity index (χ0) is 27.1. The molecule has 4 aliphatic rings. The number of fused-ring (bicyclic) bond motifs is 2. The molecule has 0 spiro atoms. The molecule has 1 unspecified atom stereocenters. The van der Waals surface area contributed by atoms with Gasteiger partial charge in [0.25, 0.3) is 5.84 Å². The van der Waals surface area contributed by atoms with E-state index in [2.05, 4.69) is 57.3 Å². The van der Waals surface area contributed by atoms with E-state index >= 15 is 0 Å². The summed E-state index contributed by atoms with van der Waals surface area (Å²) in [6.07, 6.45) is 7.85. The SMILES string of the molecule is COCCN1CCN(C2CC(C3=C4C=NC=C[N+]4(N)C(c4ccc5ccc(-c6ccccc6)nc5c4)=N3)C2)CC1. The average Bonchev–Trinajstić information content (AvgIpc) is 3.28. The molecular formula is C32H36N7O+. The Kier molecular flexibility index (Phi) is 6.65. The van der Waals surface area contributed by atoms with Gasteiger partial charge >= 0.3 is 0 Å². The maximum absolute atomic E-state index is 7.07. The third-order valence-electron chi connectivity index (χ3n) is 8.88. The van der Waals surface area contributed by atoms with Gasteiger partial charge in [-0.3, -0.25) is 14.8 Å². The fraction of sp³-hybridized carbons (Fsp3) is 0.344. The predicted octanol–water partition coefficient (Wildman–Crippen LogP) is 4.16. The van der Waals surface area contributed by atoms with E-state index < -0.39 is 0 Å². The molecule has 0 bridgehead atoms. The molecule has 2 fully saturated rings. The van der Waals surface area contributed by atoms with E-state index in [9.17, 15) is 0 Å². The number of nitrogens with zero attached hydrogens (tertiary/aromatic N) is 6. The van der Waals surface area contributed by atoms with Crippen molar-refractivity contribution in [3.05, 3.63) is 90.0 Å². The van der Waals surface area contributed by atoms with Crippen molar-refractivity contribution in [3.63, 3.8) is 0 Å². The van der Waals surface area contributed by atoms with Gasteiger partial charge in [0.05, 0.1) is 35.8 Å². The summed E-state index contributed by atoms with van der Waals surface area (Å²) in [4.78, 5) is 19.8. The number of aliphatic imine (C=N–C) groups is 2. The number of aromatic nitrogens is 1. The number of quaternary nitrogens is 1. The normalized spacial score (nSPS) is 26.7. The van der Waals surface area contributed by atoms with Gasteiger partial charge in [-0.25, -0.2) is 4.98 Å². The number of piperazine rings is 1. The van der Waals surface area contributed by atoms with Crippen molar-refractivity contribution >= 4 is 23.0 Å². The number of allylic oxidation sites excluding steroid dienone is 2. The lowest BCUT2D eigenvalue weighted by Gasteiger charge is -2.46. The molecule has 8 nitrogen and oxygen atoms in total. The molecule has 1 saturated heterocycles. The lowest BCUT2D eigenvalue weighted by molar-refractivity contribution is -0.750. The van der Waals surface area contributed by atoms with E-state index in [1.807, 2.05) is 30.6 Å². The first kappa shape index (κ1) is 25.4. The Morgan fingerprint density at radius 2 is 1.77 bits per heavy atom. The predicted molar refractivity (Wildman–Crippen MR) is 159 cm³/mol. The summed E-state index contributed by atoms with van der Waals surface area (Å²) in [5, 5.41) is 1.10. The molecule has 1 atom stereocenters. The molecule has 3 aliphatic heterocycles. The minimum absolute atomic E-state index is 0.0576. The van der Waals surface area contributed by atoms with Crippen LogP contribution in [0, 0.1) is 5.92 Å². The van der Waals surface area contributed by atoms with Gasteiger partial charge in [-0.15, -0.1) is 4.59 Å². The lowest BCUT2D eigenvalue weighted by atomic mass is 9.76. The topological polar surface area (TPSA) is 79.3 Å². The van der Waals surface area contributed by atoms with Crippen LogP contribution in [0.2, 0.25) is 0 Å². The molecule has 3 aromatic rings. The molecular weight excluding hydrogens is 498 g/mol. The van der Waals surface area contributed by atoms with Gasteiger partial charge in [-0.1, -0.05) is 42.5 Å². The third kappa shape index (κ3) is 4.52. The largest absolute Gasteiger partial charge is 0.383 e. The summed E-state index contributed by atoms with van der Waals surface area (Å²) < 4.78 is 5.31. The van der Waals surface area contributed by atoms with Gasteiger partial charge in [0.15, 0.2) is 0 Å². The van der Waals surface area contributed by atoms with E-state index in [-0.39, 0.29) is 4.59 Å². The van der Waals surface area contributed by atoms with Crippen LogP contribution < -0.4 is 5.84 Å². The van der Waals surface area contributed by atoms with Gasteiger partial charge in [0.2, 0.25) is 5.70 Å². The van der Waals surface area contributed by atoms with Gasteiger partial charge in [-0.2, -0.15) is 10.8 Å². The van der Waals surface area contributed by atoms with Crippen LogP contribution >= 0.6 is 0 Å². The Hall–Kier alpha value is -3.53. The first-order chi connectivity index (χ1) is 19.6. The summed E-state index contributed by atoms with van der Waals surface area (Å²) >= 11 is 0. The Morgan fingerprint density at radius 1 is 0.975 bits per heavy atom. The smallest absolute Gasteiger partial charge is 0.264 e. The molecule has 0 radical (unpaired) electrons. The molecule has 8 heteroatoms. The Balaban J connectivity index is 1.13. The van der Waals surface area contributed by atoms with E-state index in [0.29, 0.717) is 12.0 Å². The lowest BCUT2D eigenvalue weighted by Crippen LogP contribution is -2.55. The van der Waals surface area contributed by atoms with E-state index in [1.54, 1.807) is 13.3 Å². The summed E-state index contributed by atoms with van der Waals surface area (Å²) in [5.41, 5.74) is 6.06. The number of nitrogens with two attached hydrogens (primary N) is 1. The molecule has 0 amide bonds. The number of benzene rings is 2. The van der Waals surface area contributed by atoms with Crippen molar-refractivity contribution in [3.8, 4) is 11.3 Å². The van der Waals surface area contributed by atoms with Crippen molar-refractivity contribution in [2.24, 2.45) is 21.7 Å². The second-order valence-corrected chi connectivity index (χ2v) is 11.2. The molecule has 204 valence electrons. The number of rotatable bonds is 7. The Morgan fingerprint density at radius 3 is 2.58 bits per heavy atom. The van der Waals surface area contributed by atoms with Crippen LogP contribution in [-0.2, 0) is 4.74 Å². The molecule has 1 aliphatic carbocycles. The van der Waals surface area contributed by atoms with Crippen LogP contribution in [0.5, 0.6) is 0 Å². The summed E-state index contributed by atoms with van der Waals surface area (Å²) in [6, 6.07) is 21.5. The summed E-state index contributed by atoms with van der Waals surface area (Å²) in [7, 11) is 1.78. The van der Waals surface area contributed by atoms with Crippen molar-refractivity contribution in [1.82, 2.24) is 14.8 Å². The van der Waals surface area contributed by atoms with Crippen LogP contribution in [0.25, 0.3) is 22.2 Å². The monoisotopic (exact) mass is 534 g/mol. The van der Waals surface area contributed by atoms with Crippen LogP contribution in [0.1, 0.15) is 18.4 Å². The number of hydrogen-bond acceptors (Lipinski definition) is 7. The minimum atomic E-state index is 0.0576. The van der Waals surface area contributed by atoms with Crippen molar-refractivity contribution < 1.29 is 9.33 Å². The maximum atomic E-state index is 7.07. The molecule has 7 rings (SSSR count). The zero-order valence-corrected chi connectivity index (χ0v) is 23.0. The molecule has 2 aromatic carbocycles. The second kappa shape index (κ2) is 10.5. The van der Waals surface area contributed by atoms with Crippen LogP contribution in [-0.4, -0.2) is 83.9 Å². The number of hydrogen-bond donors (Lipinski definition) is 1. The highest BCUT2D eigenvalue weighted by atomic mass is 16.5. The van der Waals surface area contributed by atoms with E-state index in [0.717, 1.165) is 97.1 Å². The Labute approximate surface area is 235 Å². The molecule has 1 saturated carbocycles. The van der Waals surface area contributed by atoms with E-state index in [1.165, 1.54) is 0 Å². The van der Waals surface area contributed by atoms with Crippen LogP contribution in [0.3, 0.4) is 0 Å². The molecule has 40 heavy (non-hydrogen) atoms. The van der Waals surface area contributed by atoms with Gasteiger partial charge < -0.3 is 4.74 Å². The van der Waals surface area contributed by atoms with Gasteiger partial charge in [0.1, 0.15) is 11.9 Å².